The van der Waals surface area contributed by atoms with Gasteiger partial charge in [-0.25, -0.2) is 0 Å². The number of nitrogens with one attached hydrogen (secondary N) is 1. The van der Waals surface area contributed by atoms with Crippen LogP contribution in [0, 0.1) is 5.92 Å². The molecule has 3 rings (SSSR count). The Kier molecular flexibility index (Phi) is 4.90. The molecule has 1 heterocycles. The molecule has 1 fully saturated rings. The number of rotatable bonds is 6. The quantitative estimate of drug-likeness (QED) is 0.853. The molecule has 0 aliphatic heterocycles. The van der Waals surface area contributed by atoms with E-state index in [0.717, 1.165) is 30.6 Å². The molecule has 128 valence electrons. The van der Waals surface area contributed by atoms with Gasteiger partial charge in [0.2, 0.25) is 0 Å². The number of ether oxygens (including phenoxy) is 1. The zero-order chi connectivity index (χ0) is 17.1. The molecular formula is C19H23NO4. The first-order valence-corrected chi connectivity index (χ1v) is 8.34. The maximum atomic E-state index is 12.4. The van der Waals surface area contributed by atoms with Crippen molar-refractivity contribution in [3.63, 3.8) is 0 Å². The van der Waals surface area contributed by atoms with Crippen LogP contribution in [0.1, 0.15) is 36.7 Å². The predicted octanol–water partition coefficient (Wildman–Crippen LogP) is 3.23. The van der Waals surface area contributed by atoms with Gasteiger partial charge in [-0.3, -0.25) is 4.79 Å². The molecule has 1 aromatic carbocycles. The summed E-state index contributed by atoms with van der Waals surface area (Å²) in [7, 11) is 1.62. The van der Waals surface area contributed by atoms with Gasteiger partial charge in [0, 0.05) is 11.6 Å². The van der Waals surface area contributed by atoms with Crippen LogP contribution in [0.15, 0.2) is 40.8 Å². The normalized spacial score (nSPS) is 21.0. The summed E-state index contributed by atoms with van der Waals surface area (Å²) in [6, 6.07) is 11.1. The second kappa shape index (κ2) is 7.09. The molecule has 1 aromatic heterocycles. The van der Waals surface area contributed by atoms with Crippen molar-refractivity contribution in [1.82, 2.24) is 5.32 Å². The summed E-state index contributed by atoms with van der Waals surface area (Å²) < 4.78 is 10.8. The average molecular weight is 329 g/mol. The number of hydrogen-bond acceptors (Lipinski definition) is 4. The molecule has 1 saturated carbocycles. The van der Waals surface area contributed by atoms with Gasteiger partial charge in [-0.2, -0.15) is 0 Å². The van der Waals surface area contributed by atoms with Crippen molar-refractivity contribution in [3.05, 3.63) is 42.2 Å². The van der Waals surface area contributed by atoms with Crippen LogP contribution in [0.3, 0.4) is 0 Å². The average Bonchev–Trinajstić information content (AvgIpc) is 3.07. The van der Waals surface area contributed by atoms with E-state index in [1.54, 1.807) is 19.2 Å². The largest absolute Gasteiger partial charge is 0.497 e. The van der Waals surface area contributed by atoms with Crippen LogP contribution in [0.5, 0.6) is 5.75 Å². The number of carbonyl (C=O) groups excluding carboxylic acids is 1. The summed E-state index contributed by atoms with van der Waals surface area (Å²) >= 11 is 0. The minimum Gasteiger partial charge on any atom is -0.497 e. The van der Waals surface area contributed by atoms with Crippen LogP contribution in [0.2, 0.25) is 0 Å². The van der Waals surface area contributed by atoms with Crippen LogP contribution >= 0.6 is 0 Å². The van der Waals surface area contributed by atoms with Gasteiger partial charge in [0.05, 0.1) is 13.2 Å². The highest BCUT2D eigenvalue weighted by molar-refractivity contribution is 5.92. The maximum absolute atomic E-state index is 12.4. The summed E-state index contributed by atoms with van der Waals surface area (Å²) in [5, 5.41) is 12.5. The van der Waals surface area contributed by atoms with E-state index in [1.165, 1.54) is 0 Å². The Bertz CT molecular complexity index is 686. The van der Waals surface area contributed by atoms with Crippen molar-refractivity contribution >= 4 is 5.91 Å². The molecule has 1 amide bonds. The molecule has 1 aliphatic rings. The van der Waals surface area contributed by atoms with E-state index in [1.807, 2.05) is 31.2 Å². The predicted molar refractivity (Wildman–Crippen MR) is 91.0 cm³/mol. The highest BCUT2D eigenvalue weighted by atomic mass is 16.5. The second-order valence-electron chi connectivity index (χ2n) is 6.27. The first-order chi connectivity index (χ1) is 11.6. The van der Waals surface area contributed by atoms with Gasteiger partial charge in [0.15, 0.2) is 5.76 Å². The number of aliphatic hydroxyl groups excluding tert-OH is 1. The van der Waals surface area contributed by atoms with Gasteiger partial charge >= 0.3 is 0 Å². The zero-order valence-electron chi connectivity index (χ0n) is 14.0. The molecule has 1 atom stereocenters. The Labute approximate surface area is 141 Å². The van der Waals surface area contributed by atoms with Gasteiger partial charge < -0.3 is 19.6 Å². The third kappa shape index (κ3) is 3.46. The van der Waals surface area contributed by atoms with Crippen molar-refractivity contribution in [2.75, 3.05) is 7.11 Å². The van der Waals surface area contributed by atoms with Crippen molar-refractivity contribution in [2.24, 2.45) is 5.92 Å². The van der Waals surface area contributed by atoms with E-state index in [2.05, 4.69) is 5.32 Å². The fraction of sp³-hybridized carbons (Fsp3) is 0.421. The number of carbonyl (C=O) groups is 1. The van der Waals surface area contributed by atoms with Crippen molar-refractivity contribution in [3.8, 4) is 17.1 Å². The van der Waals surface area contributed by atoms with Gasteiger partial charge in [-0.1, -0.05) is 6.92 Å². The lowest BCUT2D eigenvalue weighted by Gasteiger charge is -2.37. The Morgan fingerprint density at radius 2 is 2.00 bits per heavy atom. The summed E-state index contributed by atoms with van der Waals surface area (Å²) in [6.45, 7) is 2.04. The fourth-order valence-corrected chi connectivity index (χ4v) is 3.12. The Morgan fingerprint density at radius 3 is 2.58 bits per heavy atom. The number of aliphatic hydroxyl groups is 1. The van der Waals surface area contributed by atoms with E-state index < -0.39 is 0 Å². The summed E-state index contributed by atoms with van der Waals surface area (Å²) in [4.78, 5) is 12.4. The van der Waals surface area contributed by atoms with Gasteiger partial charge in [0.1, 0.15) is 11.5 Å². The molecule has 5 nitrogen and oxygen atoms in total. The standard InChI is InChI=1S/C19H23NO4/c1-3-16(13-10-14(21)11-13)20-19(22)18-9-8-17(24-18)12-4-6-15(23-2)7-5-12/h4-9,13-14,16,21H,3,10-11H2,1-2H3,(H,20,22)/t13?,14?,16-/m1/s1. The molecule has 2 aromatic rings. The Morgan fingerprint density at radius 1 is 1.29 bits per heavy atom. The number of amides is 1. The van der Waals surface area contributed by atoms with E-state index >= 15 is 0 Å². The van der Waals surface area contributed by atoms with Crippen LogP contribution in [0.4, 0.5) is 0 Å². The Hall–Kier alpha value is -2.27. The molecule has 2 N–H and O–H groups in total. The highest BCUT2D eigenvalue weighted by Crippen LogP contribution is 2.32. The summed E-state index contributed by atoms with van der Waals surface area (Å²) in [6.07, 6.45) is 2.14. The van der Waals surface area contributed by atoms with E-state index in [0.29, 0.717) is 17.4 Å². The minimum absolute atomic E-state index is 0.0791. The maximum Gasteiger partial charge on any atom is 0.287 e. The summed E-state index contributed by atoms with van der Waals surface area (Å²) in [5.74, 6) is 1.87. The lowest BCUT2D eigenvalue weighted by molar-refractivity contribution is 0.0230. The van der Waals surface area contributed by atoms with Gasteiger partial charge in [-0.15, -0.1) is 0 Å². The van der Waals surface area contributed by atoms with Crippen molar-refractivity contribution in [2.45, 2.75) is 38.3 Å². The number of hydrogen-bond donors (Lipinski definition) is 2. The first-order valence-electron chi connectivity index (χ1n) is 8.34. The van der Waals surface area contributed by atoms with Crippen molar-refractivity contribution in [1.29, 1.82) is 0 Å². The lowest BCUT2D eigenvalue weighted by Crippen LogP contribution is -2.46. The molecule has 0 saturated heterocycles. The fourth-order valence-electron chi connectivity index (χ4n) is 3.12. The Balaban J connectivity index is 1.66. The van der Waals surface area contributed by atoms with Crippen molar-refractivity contribution < 1.29 is 19.1 Å². The lowest BCUT2D eigenvalue weighted by atomic mass is 9.76. The molecule has 0 unspecified atom stereocenters. The SMILES string of the molecule is CC[C@@H](NC(=O)c1ccc(-c2ccc(OC)cc2)o1)C1CC(O)C1. The number of furan rings is 1. The van der Waals surface area contributed by atoms with Gasteiger partial charge in [-0.05, 0) is 61.6 Å². The topological polar surface area (TPSA) is 71.7 Å². The molecule has 24 heavy (non-hydrogen) atoms. The van der Waals surface area contributed by atoms with Crippen LogP contribution in [0.25, 0.3) is 11.3 Å². The number of methoxy groups -OCH3 is 1. The highest BCUT2D eigenvalue weighted by Gasteiger charge is 2.34. The summed E-state index contributed by atoms with van der Waals surface area (Å²) in [5.41, 5.74) is 0.893. The molecule has 0 bridgehead atoms. The molecular weight excluding hydrogens is 306 g/mol. The van der Waals surface area contributed by atoms with Crippen LogP contribution < -0.4 is 10.1 Å². The molecule has 0 spiro atoms. The third-order valence-corrected chi connectivity index (χ3v) is 4.68. The smallest absolute Gasteiger partial charge is 0.287 e. The molecule has 0 radical (unpaired) electrons. The monoisotopic (exact) mass is 329 g/mol. The second-order valence-corrected chi connectivity index (χ2v) is 6.27. The minimum atomic E-state index is -0.216. The van der Waals surface area contributed by atoms with E-state index in [-0.39, 0.29) is 18.1 Å². The first kappa shape index (κ1) is 16.6. The number of benzene rings is 1. The van der Waals surface area contributed by atoms with Crippen LogP contribution in [-0.4, -0.2) is 30.3 Å². The third-order valence-electron chi connectivity index (χ3n) is 4.68. The van der Waals surface area contributed by atoms with E-state index in [4.69, 9.17) is 9.15 Å². The van der Waals surface area contributed by atoms with Gasteiger partial charge in [0.25, 0.3) is 5.91 Å². The zero-order valence-corrected chi connectivity index (χ0v) is 14.0. The van der Waals surface area contributed by atoms with E-state index in [9.17, 15) is 9.90 Å². The molecule has 5 heteroatoms. The van der Waals surface area contributed by atoms with Crippen LogP contribution in [-0.2, 0) is 0 Å². The molecule has 1 aliphatic carbocycles.